The fourth-order valence-electron chi connectivity index (χ4n) is 0.693. The zero-order valence-electron chi connectivity index (χ0n) is 7.80. The van der Waals surface area contributed by atoms with Crippen molar-refractivity contribution in [1.29, 1.82) is 0 Å². The molecule has 1 unspecified atom stereocenters. The monoisotopic (exact) mass is 187 g/mol. The van der Waals surface area contributed by atoms with E-state index in [0.29, 0.717) is 17.8 Å². The van der Waals surface area contributed by atoms with Crippen molar-refractivity contribution in [3.8, 4) is 0 Å². The molecule has 70 valence electrons. The summed E-state index contributed by atoms with van der Waals surface area (Å²) in [6.45, 7) is 7.62. The van der Waals surface area contributed by atoms with Crippen LogP contribution in [0, 0.1) is 0 Å². The fourth-order valence-corrected chi connectivity index (χ4v) is 1.65. The molecule has 0 aromatic heterocycles. The molecule has 1 atom stereocenters. The van der Waals surface area contributed by atoms with Gasteiger partial charge in [-0.1, -0.05) is 13.5 Å². The van der Waals surface area contributed by atoms with Crippen molar-refractivity contribution >= 4 is 15.5 Å². The second-order valence-electron chi connectivity index (χ2n) is 3.04. The Balaban J connectivity index is 3.32. The maximum Gasteiger partial charge on any atom is 0.333 e. The Labute approximate surface area is 75.8 Å². The molecule has 0 aromatic carbocycles. The van der Waals surface area contributed by atoms with Gasteiger partial charge in [0.2, 0.25) is 0 Å². The Bertz CT molecular complexity index is 168. The van der Waals surface area contributed by atoms with Crippen LogP contribution in [0.15, 0.2) is 12.2 Å². The first-order chi connectivity index (χ1) is 5.54. The molecular weight excluding hydrogens is 170 g/mol. The van der Waals surface area contributed by atoms with Gasteiger partial charge in [0.1, 0.15) is 0 Å². The summed E-state index contributed by atoms with van der Waals surface area (Å²) in [7, 11) is -0.251. The first kappa shape index (κ1) is 11.4. The van der Waals surface area contributed by atoms with Gasteiger partial charge in [0, 0.05) is 15.1 Å². The molecule has 0 saturated heterocycles. The highest BCUT2D eigenvalue weighted by Crippen LogP contribution is 1.93. The molecule has 0 radical (unpaired) electrons. The fraction of sp³-hybridized carbons (Fsp3) is 0.625. The van der Waals surface area contributed by atoms with Crippen LogP contribution in [0.2, 0.25) is 6.04 Å². The first-order valence-electron chi connectivity index (χ1n) is 4.12. The summed E-state index contributed by atoms with van der Waals surface area (Å²) in [6, 6.07) is 0.955. The molecule has 2 N–H and O–H groups in total. The Kier molecular flexibility index (Phi) is 5.66. The molecule has 0 bridgehead atoms. The second kappa shape index (κ2) is 5.96. The van der Waals surface area contributed by atoms with E-state index in [9.17, 15) is 4.79 Å². The van der Waals surface area contributed by atoms with Crippen LogP contribution in [0.25, 0.3) is 0 Å². The molecule has 12 heavy (non-hydrogen) atoms. The van der Waals surface area contributed by atoms with E-state index in [4.69, 9.17) is 10.5 Å². The van der Waals surface area contributed by atoms with E-state index in [2.05, 4.69) is 6.58 Å². The highest BCUT2D eigenvalue weighted by Gasteiger charge is 2.02. The van der Waals surface area contributed by atoms with Gasteiger partial charge in [0.25, 0.3) is 0 Å². The molecule has 0 heterocycles. The molecular formula is C8H17NO2Si. The van der Waals surface area contributed by atoms with Crippen LogP contribution < -0.4 is 5.73 Å². The maximum atomic E-state index is 10.8. The van der Waals surface area contributed by atoms with Crippen molar-refractivity contribution in [2.75, 3.05) is 6.61 Å². The Morgan fingerprint density at radius 3 is 2.75 bits per heavy atom. The molecule has 0 rings (SSSR count). The zero-order valence-corrected chi connectivity index (χ0v) is 9.21. The number of carbonyl (C=O) groups excluding carboxylic acids is 1. The van der Waals surface area contributed by atoms with Crippen molar-refractivity contribution < 1.29 is 9.53 Å². The molecule has 0 spiro atoms. The summed E-state index contributed by atoms with van der Waals surface area (Å²) in [6.07, 6.45) is 0. The quantitative estimate of drug-likeness (QED) is 0.285. The minimum Gasteiger partial charge on any atom is -0.463 e. The average molecular weight is 187 g/mol. The lowest BCUT2D eigenvalue weighted by Crippen LogP contribution is -2.24. The number of hydrogen-bond acceptors (Lipinski definition) is 3. The average Bonchev–Trinajstić information content (AvgIpc) is 1.97. The van der Waals surface area contributed by atoms with E-state index >= 15 is 0 Å². The SMILES string of the molecule is C=C(C)C(=O)OCC[SiH2]C(C)N. The van der Waals surface area contributed by atoms with Crippen molar-refractivity contribution in [3.63, 3.8) is 0 Å². The summed E-state index contributed by atoms with van der Waals surface area (Å²) in [5, 5.41) is 0. The van der Waals surface area contributed by atoms with Crippen LogP contribution in [-0.4, -0.2) is 27.8 Å². The highest BCUT2D eigenvalue weighted by molar-refractivity contribution is 6.37. The van der Waals surface area contributed by atoms with Gasteiger partial charge in [-0.25, -0.2) is 4.79 Å². The molecule has 0 aliphatic heterocycles. The minimum atomic E-state index is -0.298. The van der Waals surface area contributed by atoms with Gasteiger partial charge in [-0.3, -0.25) is 0 Å². The van der Waals surface area contributed by atoms with Gasteiger partial charge in [-0.15, -0.1) is 0 Å². The number of carbonyl (C=O) groups is 1. The van der Waals surface area contributed by atoms with Crippen molar-refractivity contribution in [3.05, 3.63) is 12.2 Å². The number of nitrogens with two attached hydrogens (primary N) is 1. The van der Waals surface area contributed by atoms with E-state index in [1.807, 2.05) is 6.92 Å². The Morgan fingerprint density at radius 1 is 1.75 bits per heavy atom. The summed E-state index contributed by atoms with van der Waals surface area (Å²) < 4.78 is 4.89. The number of rotatable bonds is 5. The standard InChI is InChI=1S/C8H17NO2Si/c1-6(2)8(10)11-4-5-12-7(3)9/h7H,1,4-5,9,12H2,2-3H3. The zero-order chi connectivity index (χ0) is 9.56. The van der Waals surface area contributed by atoms with Crippen LogP contribution in [-0.2, 0) is 9.53 Å². The molecule has 4 heteroatoms. The van der Waals surface area contributed by atoms with Crippen molar-refractivity contribution in [2.24, 2.45) is 5.73 Å². The third-order valence-corrected chi connectivity index (χ3v) is 2.99. The van der Waals surface area contributed by atoms with E-state index < -0.39 is 0 Å². The molecule has 0 fully saturated rings. The predicted octanol–water partition coefficient (Wildman–Crippen LogP) is -0.00250. The minimum absolute atomic E-state index is 0.251. The van der Waals surface area contributed by atoms with E-state index in [0.717, 1.165) is 6.04 Å². The molecule has 0 aliphatic rings. The van der Waals surface area contributed by atoms with Gasteiger partial charge < -0.3 is 10.5 Å². The van der Waals surface area contributed by atoms with Crippen molar-refractivity contribution in [1.82, 2.24) is 0 Å². The number of esters is 1. The predicted molar refractivity (Wildman–Crippen MR) is 52.8 cm³/mol. The maximum absolute atomic E-state index is 10.8. The van der Waals surface area contributed by atoms with Crippen molar-refractivity contribution in [2.45, 2.75) is 25.6 Å². The second-order valence-corrected chi connectivity index (χ2v) is 5.61. The van der Waals surface area contributed by atoms with Gasteiger partial charge in [-0.2, -0.15) is 0 Å². The van der Waals surface area contributed by atoms with Crippen LogP contribution >= 0.6 is 0 Å². The molecule has 0 aliphatic carbocycles. The number of ether oxygens (including phenoxy) is 1. The van der Waals surface area contributed by atoms with E-state index in [1.54, 1.807) is 6.92 Å². The van der Waals surface area contributed by atoms with Crippen LogP contribution in [0.1, 0.15) is 13.8 Å². The molecule has 3 nitrogen and oxygen atoms in total. The third kappa shape index (κ3) is 6.12. The van der Waals surface area contributed by atoms with Gasteiger partial charge >= 0.3 is 5.97 Å². The normalized spacial score (nSPS) is 13.2. The smallest absolute Gasteiger partial charge is 0.333 e. The lowest BCUT2D eigenvalue weighted by atomic mass is 10.4. The van der Waals surface area contributed by atoms with E-state index in [1.165, 1.54) is 0 Å². The van der Waals surface area contributed by atoms with Gasteiger partial charge in [0.05, 0.1) is 6.61 Å². The molecule has 0 aromatic rings. The van der Waals surface area contributed by atoms with Crippen LogP contribution in [0.4, 0.5) is 0 Å². The largest absolute Gasteiger partial charge is 0.463 e. The summed E-state index contributed by atoms with van der Waals surface area (Å²) in [5.41, 5.74) is 6.34. The lowest BCUT2D eigenvalue weighted by molar-refractivity contribution is -0.138. The van der Waals surface area contributed by atoms with Crippen LogP contribution in [0.5, 0.6) is 0 Å². The molecule has 0 saturated carbocycles. The summed E-state index contributed by atoms with van der Waals surface area (Å²) in [5.74, 6) is -0.298. The third-order valence-electron chi connectivity index (χ3n) is 1.39. The lowest BCUT2D eigenvalue weighted by Gasteiger charge is -2.05. The Hall–Kier alpha value is -0.613. The summed E-state index contributed by atoms with van der Waals surface area (Å²) in [4.78, 5) is 10.8. The van der Waals surface area contributed by atoms with Gasteiger partial charge in [0.15, 0.2) is 0 Å². The van der Waals surface area contributed by atoms with Crippen LogP contribution in [0.3, 0.4) is 0 Å². The summed E-state index contributed by atoms with van der Waals surface area (Å²) >= 11 is 0. The number of hydrogen-bond donors (Lipinski definition) is 1. The Morgan fingerprint density at radius 2 is 2.33 bits per heavy atom. The van der Waals surface area contributed by atoms with Gasteiger partial charge in [-0.05, 0) is 18.6 Å². The topological polar surface area (TPSA) is 52.3 Å². The molecule has 0 amide bonds. The highest BCUT2D eigenvalue weighted by atomic mass is 28.2. The first-order valence-corrected chi connectivity index (χ1v) is 5.94. The van der Waals surface area contributed by atoms with E-state index in [-0.39, 0.29) is 15.5 Å².